The molecule has 0 bridgehead atoms. The van der Waals surface area contributed by atoms with E-state index in [-0.39, 0.29) is 6.61 Å². The van der Waals surface area contributed by atoms with E-state index in [1.54, 1.807) is 0 Å². The van der Waals surface area contributed by atoms with Gasteiger partial charge in [0, 0.05) is 26.4 Å². The Hall–Kier alpha value is -1.52. The van der Waals surface area contributed by atoms with Crippen molar-refractivity contribution in [3.05, 3.63) is 33.1 Å². The third-order valence-electron chi connectivity index (χ3n) is 3.58. The molecule has 22 heavy (non-hydrogen) atoms. The Morgan fingerprint density at radius 3 is 2.73 bits per heavy atom. The van der Waals surface area contributed by atoms with Gasteiger partial charge in [-0.15, -0.1) is 0 Å². The van der Waals surface area contributed by atoms with E-state index in [0.717, 1.165) is 9.13 Å². The molecule has 2 rings (SSSR count). The number of hydrogen-bond acceptors (Lipinski definition) is 7. The van der Waals surface area contributed by atoms with Gasteiger partial charge in [0.1, 0.15) is 18.3 Å². The molecule has 0 aliphatic carbocycles. The fraction of sp³-hybridized carbons (Fsp3) is 0.692. The zero-order chi connectivity index (χ0) is 16.3. The number of methoxy groups -OCH3 is 1. The second-order valence-electron chi connectivity index (χ2n) is 4.97. The summed E-state index contributed by atoms with van der Waals surface area (Å²) in [6, 6.07) is 1.22. The quantitative estimate of drug-likeness (QED) is 0.574. The summed E-state index contributed by atoms with van der Waals surface area (Å²) in [5.74, 6) is 0. The Bertz CT molecular complexity index is 611. The number of ether oxygens (including phenoxy) is 3. The minimum atomic E-state index is -1.10. The van der Waals surface area contributed by atoms with E-state index in [4.69, 9.17) is 14.2 Å². The molecule has 1 saturated heterocycles. The first-order chi connectivity index (χ1) is 10.5. The van der Waals surface area contributed by atoms with Crippen LogP contribution < -0.4 is 11.2 Å². The van der Waals surface area contributed by atoms with Gasteiger partial charge in [-0.05, 0) is 0 Å². The van der Waals surface area contributed by atoms with Crippen molar-refractivity contribution in [1.82, 2.24) is 9.13 Å². The van der Waals surface area contributed by atoms with Crippen LogP contribution in [0.4, 0.5) is 0 Å². The summed E-state index contributed by atoms with van der Waals surface area (Å²) in [5.41, 5.74) is -1.04. The van der Waals surface area contributed by atoms with Crippen LogP contribution in [-0.4, -0.2) is 64.6 Å². The average molecular weight is 316 g/mol. The number of aliphatic hydroxyl groups is 2. The van der Waals surface area contributed by atoms with E-state index in [1.807, 2.05) is 0 Å². The molecule has 2 heterocycles. The number of hydrogen-bond donors (Lipinski definition) is 2. The van der Waals surface area contributed by atoms with Gasteiger partial charge in [0.25, 0.3) is 5.56 Å². The number of aromatic nitrogens is 2. The molecular formula is C13H20N2O7. The van der Waals surface area contributed by atoms with Gasteiger partial charge in [-0.25, -0.2) is 4.79 Å². The topological polar surface area (TPSA) is 112 Å². The Balaban J connectivity index is 2.32. The Labute approximate surface area is 126 Å². The minimum absolute atomic E-state index is 0.191. The first-order valence-corrected chi connectivity index (χ1v) is 6.84. The first kappa shape index (κ1) is 16.8. The van der Waals surface area contributed by atoms with Gasteiger partial charge in [-0.3, -0.25) is 13.9 Å². The van der Waals surface area contributed by atoms with E-state index in [2.05, 4.69) is 0 Å². The molecule has 1 aliphatic heterocycles. The summed E-state index contributed by atoms with van der Waals surface area (Å²) in [6.07, 6.45) is -2.49. The summed E-state index contributed by atoms with van der Waals surface area (Å²) >= 11 is 0. The molecule has 1 aromatic rings. The van der Waals surface area contributed by atoms with Gasteiger partial charge in [-0.2, -0.15) is 0 Å². The lowest BCUT2D eigenvalue weighted by molar-refractivity contribution is -0.0823. The summed E-state index contributed by atoms with van der Waals surface area (Å²) in [4.78, 5) is 23.6. The lowest BCUT2D eigenvalue weighted by atomic mass is 10.1. The molecule has 1 unspecified atom stereocenters. The fourth-order valence-corrected chi connectivity index (χ4v) is 2.32. The predicted octanol–water partition coefficient (Wildman–Crippen LogP) is -2.17. The van der Waals surface area contributed by atoms with Crippen molar-refractivity contribution in [2.24, 2.45) is 7.05 Å². The SMILES string of the molecule is COCCO[C@H]1C(O)[C@@H](CO)O[C@H]1n1ccc(=O)n(C)c1=O. The van der Waals surface area contributed by atoms with Crippen molar-refractivity contribution in [1.29, 1.82) is 0 Å². The van der Waals surface area contributed by atoms with Crippen molar-refractivity contribution in [3.63, 3.8) is 0 Å². The highest BCUT2D eigenvalue weighted by Gasteiger charge is 2.45. The molecule has 0 saturated carbocycles. The van der Waals surface area contributed by atoms with E-state index in [9.17, 15) is 19.8 Å². The molecule has 0 spiro atoms. The normalized spacial score (nSPS) is 28.2. The van der Waals surface area contributed by atoms with Gasteiger partial charge >= 0.3 is 5.69 Å². The fourth-order valence-electron chi connectivity index (χ4n) is 2.32. The molecule has 1 aliphatic rings. The molecular weight excluding hydrogens is 296 g/mol. The second kappa shape index (κ2) is 7.16. The maximum Gasteiger partial charge on any atom is 0.332 e. The van der Waals surface area contributed by atoms with Gasteiger partial charge in [0.05, 0.1) is 19.8 Å². The Morgan fingerprint density at radius 2 is 2.09 bits per heavy atom. The second-order valence-corrected chi connectivity index (χ2v) is 4.97. The van der Waals surface area contributed by atoms with Crippen LogP contribution in [0.25, 0.3) is 0 Å². The van der Waals surface area contributed by atoms with E-state index in [0.29, 0.717) is 6.61 Å². The van der Waals surface area contributed by atoms with Gasteiger partial charge in [-0.1, -0.05) is 0 Å². The highest BCUT2D eigenvalue weighted by Crippen LogP contribution is 2.30. The maximum atomic E-state index is 12.2. The molecule has 0 amide bonds. The molecule has 0 radical (unpaired) electrons. The first-order valence-electron chi connectivity index (χ1n) is 6.84. The summed E-state index contributed by atoms with van der Waals surface area (Å²) < 4.78 is 18.0. The smallest absolute Gasteiger partial charge is 0.332 e. The lowest BCUT2D eigenvalue weighted by Gasteiger charge is -2.22. The van der Waals surface area contributed by atoms with Crippen molar-refractivity contribution >= 4 is 0 Å². The van der Waals surface area contributed by atoms with Crippen LogP contribution in [0, 0.1) is 0 Å². The van der Waals surface area contributed by atoms with Crippen molar-refractivity contribution in [2.45, 2.75) is 24.5 Å². The van der Waals surface area contributed by atoms with Crippen molar-refractivity contribution in [2.75, 3.05) is 26.9 Å². The average Bonchev–Trinajstić information content (AvgIpc) is 2.82. The van der Waals surface area contributed by atoms with Crippen LogP contribution in [0.2, 0.25) is 0 Å². The van der Waals surface area contributed by atoms with Crippen molar-refractivity contribution in [3.8, 4) is 0 Å². The molecule has 1 aromatic heterocycles. The zero-order valence-corrected chi connectivity index (χ0v) is 12.4. The zero-order valence-electron chi connectivity index (χ0n) is 12.4. The van der Waals surface area contributed by atoms with Crippen LogP contribution in [0.1, 0.15) is 6.23 Å². The molecule has 0 aromatic carbocycles. The van der Waals surface area contributed by atoms with E-state index >= 15 is 0 Å². The van der Waals surface area contributed by atoms with Crippen LogP contribution in [0.5, 0.6) is 0 Å². The number of aliphatic hydroxyl groups excluding tert-OH is 2. The van der Waals surface area contributed by atoms with Crippen LogP contribution in [0.15, 0.2) is 21.9 Å². The van der Waals surface area contributed by atoms with Crippen LogP contribution in [-0.2, 0) is 21.3 Å². The van der Waals surface area contributed by atoms with Crippen LogP contribution in [0.3, 0.4) is 0 Å². The van der Waals surface area contributed by atoms with Gasteiger partial charge in [0.2, 0.25) is 0 Å². The monoisotopic (exact) mass is 316 g/mol. The molecule has 9 heteroatoms. The third kappa shape index (κ3) is 3.13. The summed E-state index contributed by atoms with van der Waals surface area (Å²) in [7, 11) is 2.85. The van der Waals surface area contributed by atoms with Crippen LogP contribution >= 0.6 is 0 Å². The molecule has 4 atom stereocenters. The van der Waals surface area contributed by atoms with Gasteiger partial charge < -0.3 is 24.4 Å². The maximum absolute atomic E-state index is 12.2. The highest BCUT2D eigenvalue weighted by molar-refractivity contribution is 4.94. The Kier molecular flexibility index (Phi) is 5.48. The highest BCUT2D eigenvalue weighted by atomic mass is 16.6. The molecule has 124 valence electrons. The van der Waals surface area contributed by atoms with Gasteiger partial charge in [0.15, 0.2) is 6.23 Å². The predicted molar refractivity (Wildman–Crippen MR) is 74.6 cm³/mol. The molecule has 2 N–H and O–H groups in total. The lowest BCUT2D eigenvalue weighted by Crippen LogP contribution is -2.42. The Morgan fingerprint density at radius 1 is 1.36 bits per heavy atom. The van der Waals surface area contributed by atoms with Crippen molar-refractivity contribution < 1.29 is 24.4 Å². The summed E-state index contributed by atoms with van der Waals surface area (Å²) in [6.45, 7) is 0.0843. The minimum Gasteiger partial charge on any atom is -0.394 e. The largest absolute Gasteiger partial charge is 0.394 e. The number of rotatable bonds is 6. The number of nitrogens with zero attached hydrogens (tertiary/aromatic N) is 2. The standard InChI is InChI=1S/C13H20N2O7/c1-14-9(17)3-4-15(13(14)19)12-11(21-6-5-20-2)10(18)8(7-16)22-12/h3-4,8,10-12,16,18H,5-7H2,1-2H3/t8-,10?,11+,12-/m1/s1. The molecule has 1 fully saturated rings. The van der Waals surface area contributed by atoms with E-state index < -0.39 is 42.4 Å². The third-order valence-corrected chi connectivity index (χ3v) is 3.58. The molecule has 9 nitrogen and oxygen atoms in total. The summed E-state index contributed by atoms with van der Waals surface area (Å²) in [5, 5.41) is 19.4. The van der Waals surface area contributed by atoms with E-state index in [1.165, 1.54) is 26.4 Å².